The maximum atomic E-state index is 13.4. The number of carbonyl (C=O) groups is 1. The smallest absolute Gasteiger partial charge is 0.325 e. The van der Waals surface area contributed by atoms with E-state index < -0.39 is 17.8 Å². The van der Waals surface area contributed by atoms with Crippen molar-refractivity contribution in [1.82, 2.24) is 4.90 Å². The molecule has 0 bridgehead atoms. The maximum absolute atomic E-state index is 13.4. The van der Waals surface area contributed by atoms with Crippen molar-refractivity contribution in [3.05, 3.63) is 34.1 Å². The summed E-state index contributed by atoms with van der Waals surface area (Å²) in [4.78, 5) is 12.5. The molecule has 0 aliphatic carbocycles. The summed E-state index contributed by atoms with van der Waals surface area (Å²) >= 11 is 5.93. The average Bonchev–Trinajstić information content (AvgIpc) is 2.12. The Morgan fingerprint density at radius 3 is 2.50 bits per heavy atom. The minimum atomic E-state index is -1.06. The lowest BCUT2D eigenvalue weighted by atomic mass is 10.0. The van der Waals surface area contributed by atoms with Gasteiger partial charge < -0.3 is 5.11 Å². The number of aliphatic carboxylic acids is 1. The zero-order valence-corrected chi connectivity index (χ0v) is 10.0. The lowest BCUT2D eigenvalue weighted by Crippen LogP contribution is -2.27. The monoisotopic (exact) mass is 245 g/mol. The van der Waals surface area contributed by atoms with Crippen molar-refractivity contribution in [3.63, 3.8) is 0 Å². The van der Waals surface area contributed by atoms with Crippen molar-refractivity contribution >= 4 is 17.6 Å². The number of likely N-dealkylation sites (N-methyl/N-ethyl adjacent to an activating group) is 1. The molecule has 1 unspecified atom stereocenters. The molecular weight excluding hydrogens is 233 g/mol. The molecule has 1 atom stereocenters. The molecule has 3 nitrogen and oxygen atoms in total. The van der Waals surface area contributed by atoms with Crippen LogP contribution in [0.25, 0.3) is 0 Å². The van der Waals surface area contributed by atoms with E-state index in [1.807, 2.05) is 0 Å². The molecule has 0 radical (unpaired) electrons. The van der Waals surface area contributed by atoms with Crippen molar-refractivity contribution in [1.29, 1.82) is 0 Å². The largest absolute Gasteiger partial charge is 0.480 e. The van der Waals surface area contributed by atoms with Crippen molar-refractivity contribution in [2.45, 2.75) is 13.0 Å². The highest BCUT2D eigenvalue weighted by Gasteiger charge is 2.25. The molecule has 1 N–H and O–H groups in total. The van der Waals surface area contributed by atoms with Gasteiger partial charge in [-0.15, -0.1) is 0 Å². The minimum Gasteiger partial charge on any atom is -0.480 e. The zero-order valence-electron chi connectivity index (χ0n) is 9.29. The number of nitrogens with zero attached hydrogens (tertiary/aromatic N) is 1. The Kier molecular flexibility index (Phi) is 3.88. The third-order valence-electron chi connectivity index (χ3n) is 2.32. The summed E-state index contributed by atoms with van der Waals surface area (Å²) in [6, 6.07) is 1.67. The van der Waals surface area contributed by atoms with Crippen molar-refractivity contribution in [2.75, 3.05) is 14.1 Å². The summed E-state index contributed by atoms with van der Waals surface area (Å²) in [6.45, 7) is 1.58. The summed E-state index contributed by atoms with van der Waals surface area (Å²) in [5, 5.41) is 9.32. The van der Waals surface area contributed by atoms with Gasteiger partial charge >= 0.3 is 5.97 Å². The molecule has 0 aliphatic rings. The van der Waals surface area contributed by atoms with Gasteiger partial charge in [-0.1, -0.05) is 11.6 Å². The molecule has 0 saturated heterocycles. The molecule has 88 valence electrons. The molecule has 0 fully saturated rings. The van der Waals surface area contributed by atoms with E-state index in [9.17, 15) is 9.18 Å². The number of hydrogen-bond donors (Lipinski definition) is 1. The fourth-order valence-corrected chi connectivity index (χ4v) is 1.82. The van der Waals surface area contributed by atoms with E-state index in [2.05, 4.69) is 0 Å². The topological polar surface area (TPSA) is 40.5 Å². The normalized spacial score (nSPS) is 12.9. The van der Waals surface area contributed by atoms with Crippen LogP contribution >= 0.6 is 11.6 Å². The van der Waals surface area contributed by atoms with Gasteiger partial charge in [-0.3, -0.25) is 9.69 Å². The van der Waals surface area contributed by atoms with Gasteiger partial charge in [-0.05, 0) is 38.7 Å². The minimum absolute atomic E-state index is 0.264. The van der Waals surface area contributed by atoms with Gasteiger partial charge in [0, 0.05) is 10.6 Å². The second kappa shape index (κ2) is 4.80. The molecule has 0 heterocycles. The van der Waals surface area contributed by atoms with E-state index in [0.717, 1.165) is 0 Å². The van der Waals surface area contributed by atoms with Crippen molar-refractivity contribution < 1.29 is 14.3 Å². The molecule has 0 aromatic heterocycles. The predicted octanol–water partition coefficient (Wildman–Crippen LogP) is 2.47. The fraction of sp³-hybridized carbons (Fsp3) is 0.364. The first-order chi connectivity index (χ1) is 7.34. The van der Waals surface area contributed by atoms with Gasteiger partial charge in [0.25, 0.3) is 0 Å². The summed E-state index contributed by atoms with van der Waals surface area (Å²) in [7, 11) is 3.21. The Morgan fingerprint density at radius 1 is 1.50 bits per heavy atom. The molecule has 1 aromatic rings. The predicted molar refractivity (Wildman–Crippen MR) is 60.2 cm³/mol. The first kappa shape index (κ1) is 12.9. The van der Waals surface area contributed by atoms with E-state index in [1.165, 1.54) is 17.0 Å². The third kappa shape index (κ3) is 2.51. The summed E-state index contributed by atoms with van der Waals surface area (Å²) < 4.78 is 13.4. The van der Waals surface area contributed by atoms with Crippen LogP contribution in [0, 0.1) is 12.7 Å². The van der Waals surface area contributed by atoms with Crippen LogP contribution in [0.4, 0.5) is 4.39 Å². The average molecular weight is 246 g/mol. The first-order valence-corrected chi connectivity index (χ1v) is 5.07. The highest BCUT2D eigenvalue weighted by molar-refractivity contribution is 6.31. The third-order valence-corrected chi connectivity index (χ3v) is 2.65. The summed E-state index contributed by atoms with van der Waals surface area (Å²) in [5.74, 6) is -1.51. The van der Waals surface area contributed by atoms with Gasteiger partial charge in [0.1, 0.15) is 11.9 Å². The number of halogens is 2. The lowest BCUT2D eigenvalue weighted by Gasteiger charge is -2.21. The Balaban J connectivity index is 3.30. The lowest BCUT2D eigenvalue weighted by molar-refractivity contribution is -0.142. The maximum Gasteiger partial charge on any atom is 0.325 e. The van der Waals surface area contributed by atoms with Crippen LogP contribution < -0.4 is 0 Å². The molecule has 1 aromatic carbocycles. The van der Waals surface area contributed by atoms with Gasteiger partial charge in [0.05, 0.1) is 0 Å². The Hall–Kier alpha value is -1.13. The quantitative estimate of drug-likeness (QED) is 0.889. The molecule has 5 heteroatoms. The van der Waals surface area contributed by atoms with Crippen LogP contribution in [-0.2, 0) is 4.79 Å². The van der Waals surface area contributed by atoms with Crippen molar-refractivity contribution in [3.8, 4) is 0 Å². The number of rotatable bonds is 3. The molecule has 0 amide bonds. The standard InChI is InChI=1S/C11H13ClFNO2/c1-6-4-8(12)7(5-9(6)13)10(11(15)16)14(2)3/h4-5,10H,1-3H3,(H,15,16). The molecule has 1 rings (SSSR count). The molecule has 0 aliphatic heterocycles. The Labute approximate surface area is 98.4 Å². The van der Waals surface area contributed by atoms with E-state index >= 15 is 0 Å². The van der Waals surface area contributed by atoms with Crippen LogP contribution in [-0.4, -0.2) is 30.1 Å². The van der Waals surface area contributed by atoms with Gasteiger partial charge in [-0.25, -0.2) is 4.39 Å². The van der Waals surface area contributed by atoms with Gasteiger partial charge in [0.15, 0.2) is 0 Å². The highest BCUT2D eigenvalue weighted by Crippen LogP contribution is 2.28. The van der Waals surface area contributed by atoms with E-state index in [4.69, 9.17) is 16.7 Å². The Bertz CT molecular complexity index is 421. The Morgan fingerprint density at radius 2 is 2.06 bits per heavy atom. The summed E-state index contributed by atoms with van der Waals surface area (Å²) in [5.41, 5.74) is 0.666. The molecule has 16 heavy (non-hydrogen) atoms. The van der Waals surface area contributed by atoms with Crippen LogP contribution in [0.3, 0.4) is 0 Å². The van der Waals surface area contributed by atoms with E-state index in [0.29, 0.717) is 5.56 Å². The summed E-state index contributed by atoms with van der Waals surface area (Å²) in [6.07, 6.45) is 0. The second-order valence-electron chi connectivity index (χ2n) is 3.83. The van der Waals surface area contributed by atoms with Gasteiger partial charge in [-0.2, -0.15) is 0 Å². The molecular formula is C11H13ClFNO2. The van der Waals surface area contributed by atoms with Crippen molar-refractivity contribution in [2.24, 2.45) is 0 Å². The number of hydrogen-bond acceptors (Lipinski definition) is 2. The fourth-order valence-electron chi connectivity index (χ4n) is 1.50. The van der Waals surface area contributed by atoms with Crippen LogP contribution in [0.1, 0.15) is 17.2 Å². The van der Waals surface area contributed by atoms with Gasteiger partial charge in [0.2, 0.25) is 0 Å². The highest BCUT2D eigenvalue weighted by atomic mass is 35.5. The van der Waals surface area contributed by atoms with Crippen LogP contribution in [0.15, 0.2) is 12.1 Å². The van der Waals surface area contributed by atoms with Crippen LogP contribution in [0.2, 0.25) is 5.02 Å². The SMILES string of the molecule is Cc1cc(Cl)c(C(C(=O)O)N(C)C)cc1F. The van der Waals surface area contributed by atoms with E-state index in [-0.39, 0.29) is 10.6 Å². The molecule has 0 spiro atoms. The number of aryl methyl sites for hydroxylation is 1. The first-order valence-electron chi connectivity index (χ1n) is 4.69. The van der Waals surface area contributed by atoms with E-state index in [1.54, 1.807) is 21.0 Å². The number of carboxylic acids is 1. The van der Waals surface area contributed by atoms with Crippen LogP contribution in [0.5, 0.6) is 0 Å². The number of carboxylic acid groups (broad SMARTS) is 1. The zero-order chi connectivity index (χ0) is 12.5. The second-order valence-corrected chi connectivity index (χ2v) is 4.23. The number of benzene rings is 1. The molecule has 0 saturated carbocycles.